The van der Waals surface area contributed by atoms with Crippen LogP contribution in [0, 0.1) is 5.41 Å². The quantitative estimate of drug-likeness (QED) is 0.886. The molecule has 90 valence electrons. The molecule has 2 nitrogen and oxygen atoms in total. The van der Waals surface area contributed by atoms with Gasteiger partial charge in [0.2, 0.25) is 0 Å². The van der Waals surface area contributed by atoms with Crippen LogP contribution in [0.15, 0.2) is 24.3 Å². The van der Waals surface area contributed by atoms with Crippen molar-refractivity contribution in [2.24, 2.45) is 5.41 Å². The Morgan fingerprint density at radius 1 is 1.25 bits per heavy atom. The van der Waals surface area contributed by atoms with Crippen molar-refractivity contribution in [2.75, 3.05) is 0 Å². The molecule has 2 atom stereocenters. The van der Waals surface area contributed by atoms with Crippen LogP contribution in [-0.4, -0.2) is 17.6 Å². The molecule has 2 unspecified atom stereocenters. The Morgan fingerprint density at radius 3 is 2.19 bits per heavy atom. The van der Waals surface area contributed by atoms with Crippen LogP contribution in [0.1, 0.15) is 20.8 Å². The molecule has 1 rings (SSSR count). The fourth-order valence-electron chi connectivity index (χ4n) is 1.10. The van der Waals surface area contributed by atoms with Gasteiger partial charge in [0.1, 0.15) is 11.9 Å². The highest BCUT2D eigenvalue weighted by Crippen LogP contribution is 2.26. The van der Waals surface area contributed by atoms with E-state index in [0.29, 0.717) is 10.8 Å². The van der Waals surface area contributed by atoms with Crippen LogP contribution < -0.4 is 4.74 Å². The summed E-state index contributed by atoms with van der Waals surface area (Å²) in [5.41, 5.74) is -0.564. The smallest absolute Gasteiger partial charge is 0.264 e. The summed E-state index contributed by atoms with van der Waals surface area (Å²) in [6.07, 6.45) is -2.93. The van der Waals surface area contributed by atoms with Gasteiger partial charge in [0.05, 0.1) is 0 Å². The van der Waals surface area contributed by atoms with Crippen LogP contribution in [0.5, 0.6) is 5.75 Å². The topological polar surface area (TPSA) is 29.5 Å². The second-order valence-corrected chi connectivity index (χ2v) is 5.17. The number of rotatable bonds is 3. The average molecular weight is 247 g/mol. The first-order chi connectivity index (χ1) is 7.30. The van der Waals surface area contributed by atoms with Crippen LogP contribution in [0.3, 0.4) is 0 Å². The summed E-state index contributed by atoms with van der Waals surface area (Å²) in [6.45, 7) is 5.24. The Bertz CT molecular complexity index is 332. The van der Waals surface area contributed by atoms with Crippen LogP contribution in [0.4, 0.5) is 4.39 Å². The van der Waals surface area contributed by atoms with E-state index in [2.05, 4.69) is 0 Å². The third kappa shape index (κ3) is 3.65. The highest BCUT2D eigenvalue weighted by molar-refractivity contribution is 6.30. The maximum absolute atomic E-state index is 13.6. The van der Waals surface area contributed by atoms with Gasteiger partial charge in [0.25, 0.3) is 6.36 Å². The zero-order valence-electron chi connectivity index (χ0n) is 9.58. The van der Waals surface area contributed by atoms with Gasteiger partial charge >= 0.3 is 0 Å². The van der Waals surface area contributed by atoms with Crippen molar-refractivity contribution in [3.8, 4) is 5.75 Å². The summed E-state index contributed by atoms with van der Waals surface area (Å²) >= 11 is 5.68. The Morgan fingerprint density at radius 2 is 1.75 bits per heavy atom. The molecule has 0 bridgehead atoms. The van der Waals surface area contributed by atoms with Crippen molar-refractivity contribution >= 4 is 11.6 Å². The van der Waals surface area contributed by atoms with E-state index in [1.807, 2.05) is 0 Å². The van der Waals surface area contributed by atoms with Crippen molar-refractivity contribution in [3.63, 3.8) is 0 Å². The monoisotopic (exact) mass is 246 g/mol. The summed E-state index contributed by atoms with van der Waals surface area (Å²) in [5, 5.41) is 10.2. The lowest BCUT2D eigenvalue weighted by atomic mass is 9.89. The van der Waals surface area contributed by atoms with Crippen LogP contribution >= 0.6 is 11.6 Å². The lowest BCUT2D eigenvalue weighted by Crippen LogP contribution is -2.38. The van der Waals surface area contributed by atoms with Crippen molar-refractivity contribution < 1.29 is 14.2 Å². The molecule has 0 aliphatic rings. The minimum absolute atomic E-state index is 0.347. The van der Waals surface area contributed by atoms with E-state index in [0.717, 1.165) is 0 Å². The number of aliphatic hydroxyl groups excluding tert-OH is 1. The molecule has 0 heterocycles. The van der Waals surface area contributed by atoms with Gasteiger partial charge in [-0.3, -0.25) is 0 Å². The van der Waals surface area contributed by atoms with Crippen molar-refractivity contribution in [1.29, 1.82) is 0 Å². The van der Waals surface area contributed by atoms with E-state index in [-0.39, 0.29) is 0 Å². The number of aliphatic hydroxyl groups is 1. The molecule has 0 saturated carbocycles. The number of halogens is 2. The van der Waals surface area contributed by atoms with Gasteiger partial charge in [0, 0.05) is 5.02 Å². The van der Waals surface area contributed by atoms with Crippen LogP contribution in [0.25, 0.3) is 0 Å². The molecule has 4 heteroatoms. The molecular weight excluding hydrogens is 231 g/mol. The van der Waals surface area contributed by atoms with Crippen molar-refractivity contribution in [1.82, 2.24) is 0 Å². The maximum Gasteiger partial charge on any atom is 0.264 e. The fraction of sp³-hybridized carbons (Fsp3) is 0.500. The molecule has 0 saturated heterocycles. The van der Waals surface area contributed by atoms with Crippen molar-refractivity contribution in [3.05, 3.63) is 29.3 Å². The third-order valence-corrected chi connectivity index (χ3v) is 2.45. The van der Waals surface area contributed by atoms with E-state index in [9.17, 15) is 9.50 Å². The second-order valence-electron chi connectivity index (χ2n) is 4.73. The summed E-state index contributed by atoms with van der Waals surface area (Å²) in [7, 11) is 0. The minimum atomic E-state index is -1.75. The van der Waals surface area contributed by atoms with Gasteiger partial charge in [-0.25, -0.2) is 0 Å². The Labute approximate surface area is 100.0 Å². The first-order valence-electron chi connectivity index (χ1n) is 5.05. The third-order valence-electron chi connectivity index (χ3n) is 2.20. The predicted molar refractivity (Wildman–Crippen MR) is 62.4 cm³/mol. The molecule has 0 spiro atoms. The second kappa shape index (κ2) is 5.02. The number of benzene rings is 1. The lowest BCUT2D eigenvalue weighted by Gasteiger charge is -2.28. The summed E-state index contributed by atoms with van der Waals surface area (Å²) in [6, 6.07) is 6.33. The number of hydrogen-bond donors (Lipinski definition) is 1. The molecule has 0 amide bonds. The molecular formula is C12H16ClFO2. The fourth-order valence-corrected chi connectivity index (χ4v) is 1.23. The van der Waals surface area contributed by atoms with Gasteiger partial charge in [0.15, 0.2) is 0 Å². The molecule has 1 aromatic rings. The number of hydrogen-bond acceptors (Lipinski definition) is 2. The molecule has 0 radical (unpaired) electrons. The van der Waals surface area contributed by atoms with Gasteiger partial charge in [-0.05, 0) is 29.7 Å². The highest BCUT2D eigenvalue weighted by atomic mass is 35.5. The average Bonchev–Trinajstić information content (AvgIpc) is 2.19. The maximum atomic E-state index is 13.6. The molecule has 16 heavy (non-hydrogen) atoms. The SMILES string of the molecule is CC(C)(C)C(O)C(F)Oc1ccc(Cl)cc1. The normalized spacial score (nSPS) is 15.6. The molecule has 0 aromatic heterocycles. The molecule has 0 fully saturated rings. The summed E-state index contributed by atoms with van der Waals surface area (Å²) < 4.78 is 18.6. The van der Waals surface area contributed by atoms with Gasteiger partial charge in [-0.2, -0.15) is 4.39 Å². The van der Waals surface area contributed by atoms with E-state index >= 15 is 0 Å². The van der Waals surface area contributed by atoms with Gasteiger partial charge < -0.3 is 9.84 Å². The zero-order chi connectivity index (χ0) is 12.3. The van der Waals surface area contributed by atoms with Crippen molar-refractivity contribution in [2.45, 2.75) is 33.2 Å². The summed E-state index contributed by atoms with van der Waals surface area (Å²) in [5.74, 6) is 0.347. The van der Waals surface area contributed by atoms with Gasteiger partial charge in [-0.15, -0.1) is 0 Å². The Hall–Kier alpha value is -0.800. The predicted octanol–water partition coefficient (Wildman–Crippen LogP) is 3.42. The number of alkyl halides is 1. The van der Waals surface area contributed by atoms with E-state index in [1.54, 1.807) is 45.0 Å². The van der Waals surface area contributed by atoms with E-state index < -0.39 is 17.9 Å². The minimum Gasteiger partial charge on any atom is -0.458 e. The molecule has 1 N–H and O–H groups in total. The standard InChI is InChI=1S/C12H16ClFO2/c1-12(2,3)10(15)11(14)16-9-6-4-8(13)5-7-9/h4-7,10-11,15H,1-3H3. The summed E-state index contributed by atoms with van der Waals surface area (Å²) in [4.78, 5) is 0. The molecule has 0 aliphatic carbocycles. The Balaban J connectivity index is 2.64. The van der Waals surface area contributed by atoms with E-state index in [4.69, 9.17) is 16.3 Å². The molecule has 0 aliphatic heterocycles. The number of ether oxygens (including phenoxy) is 1. The first kappa shape index (κ1) is 13.3. The highest BCUT2D eigenvalue weighted by Gasteiger charge is 2.31. The van der Waals surface area contributed by atoms with E-state index in [1.165, 1.54) is 0 Å². The lowest BCUT2D eigenvalue weighted by molar-refractivity contribution is -0.0943. The first-order valence-corrected chi connectivity index (χ1v) is 5.43. The van der Waals surface area contributed by atoms with Crippen LogP contribution in [0.2, 0.25) is 5.02 Å². The van der Waals surface area contributed by atoms with Crippen LogP contribution in [-0.2, 0) is 0 Å². The van der Waals surface area contributed by atoms with Gasteiger partial charge in [-0.1, -0.05) is 32.4 Å². The Kier molecular flexibility index (Phi) is 4.16. The molecule has 1 aromatic carbocycles. The largest absolute Gasteiger partial charge is 0.458 e. The zero-order valence-corrected chi connectivity index (χ0v) is 10.3.